The highest BCUT2D eigenvalue weighted by Crippen LogP contribution is 2.23. The highest BCUT2D eigenvalue weighted by Gasteiger charge is 2.30. The minimum absolute atomic E-state index is 0. The molecule has 150 valence electrons. The fraction of sp³-hybridized carbons (Fsp3) is 0.632. The molecule has 5 nitrogen and oxygen atoms in total. The van der Waals surface area contributed by atoms with Crippen molar-refractivity contribution in [1.29, 1.82) is 0 Å². The predicted molar refractivity (Wildman–Crippen MR) is 111 cm³/mol. The van der Waals surface area contributed by atoms with E-state index in [0.29, 0.717) is 25.0 Å². The van der Waals surface area contributed by atoms with Crippen LogP contribution in [0, 0.1) is 0 Å². The molecule has 2 N–H and O–H groups in total. The summed E-state index contributed by atoms with van der Waals surface area (Å²) in [5.41, 5.74) is 6.97. The zero-order valence-electron chi connectivity index (χ0n) is 16.0. The van der Waals surface area contributed by atoms with E-state index in [2.05, 4.69) is 36.1 Å². The molecule has 0 aliphatic carbocycles. The molecule has 1 aliphatic heterocycles. The second-order valence-corrected chi connectivity index (χ2v) is 6.79. The third-order valence-electron chi connectivity index (χ3n) is 5.15. The number of hydrogen-bond donors (Lipinski definition) is 1. The lowest BCUT2D eigenvalue weighted by atomic mass is 9.96. The number of hydrogen-bond acceptors (Lipinski definition) is 4. The molecule has 1 aromatic rings. The third kappa shape index (κ3) is 7.05. The van der Waals surface area contributed by atoms with Gasteiger partial charge in [-0.05, 0) is 25.3 Å². The van der Waals surface area contributed by atoms with Crippen molar-refractivity contribution in [3.63, 3.8) is 0 Å². The topological polar surface area (TPSA) is 58.8 Å². The van der Waals surface area contributed by atoms with Crippen molar-refractivity contribution in [3.8, 4) is 0 Å². The number of nitrogens with two attached hydrogens (primary N) is 1. The summed E-state index contributed by atoms with van der Waals surface area (Å²) in [7, 11) is 3.52. The number of benzene rings is 1. The van der Waals surface area contributed by atoms with E-state index >= 15 is 0 Å². The second-order valence-electron chi connectivity index (χ2n) is 6.79. The molecule has 3 atom stereocenters. The van der Waals surface area contributed by atoms with Crippen molar-refractivity contribution in [2.75, 3.05) is 27.2 Å². The number of methoxy groups -OCH3 is 1. The quantitative estimate of drug-likeness (QED) is 0.757. The average Bonchev–Trinajstić information content (AvgIpc) is 2.61. The highest BCUT2D eigenvalue weighted by molar-refractivity contribution is 5.85. The van der Waals surface area contributed by atoms with Crippen LogP contribution < -0.4 is 5.73 Å². The van der Waals surface area contributed by atoms with Crippen molar-refractivity contribution in [2.45, 2.75) is 50.9 Å². The fourth-order valence-electron chi connectivity index (χ4n) is 3.41. The van der Waals surface area contributed by atoms with Gasteiger partial charge in [-0.1, -0.05) is 30.3 Å². The van der Waals surface area contributed by atoms with Crippen LogP contribution >= 0.6 is 24.8 Å². The lowest BCUT2D eigenvalue weighted by Crippen LogP contribution is -2.49. The van der Waals surface area contributed by atoms with E-state index in [4.69, 9.17) is 10.5 Å². The van der Waals surface area contributed by atoms with E-state index in [0.717, 1.165) is 25.9 Å². The minimum Gasteiger partial charge on any atom is -0.380 e. The standard InChI is InChI=1S/C19H31N3O2.2ClH/c1-15-11-17(21(2)19(23)12-18(13-20)24-3)9-10-22(15)14-16-7-5-4-6-8-16;;/h4-8,15,17-18H,9-14,20H2,1-3H3;2*1H. The number of ether oxygens (including phenoxy) is 1. The fourth-order valence-corrected chi connectivity index (χ4v) is 3.41. The van der Waals surface area contributed by atoms with Gasteiger partial charge in [0.15, 0.2) is 0 Å². The van der Waals surface area contributed by atoms with Gasteiger partial charge in [0.05, 0.1) is 12.5 Å². The van der Waals surface area contributed by atoms with Crippen LogP contribution in [-0.2, 0) is 16.1 Å². The Morgan fingerprint density at radius 3 is 2.54 bits per heavy atom. The number of nitrogens with zero attached hydrogens (tertiary/aromatic N) is 2. The zero-order valence-corrected chi connectivity index (χ0v) is 17.6. The van der Waals surface area contributed by atoms with Crippen LogP contribution in [0.3, 0.4) is 0 Å². The van der Waals surface area contributed by atoms with Crippen LogP contribution in [0.15, 0.2) is 30.3 Å². The Morgan fingerprint density at radius 1 is 1.35 bits per heavy atom. The Balaban J connectivity index is 0.00000312. The SMILES string of the molecule is COC(CN)CC(=O)N(C)C1CCN(Cc2ccccc2)C(C)C1.Cl.Cl. The van der Waals surface area contributed by atoms with Gasteiger partial charge in [-0.2, -0.15) is 0 Å². The number of carbonyl (C=O) groups is 1. The van der Waals surface area contributed by atoms with Gasteiger partial charge < -0.3 is 15.4 Å². The Bertz CT molecular complexity index is 515. The summed E-state index contributed by atoms with van der Waals surface area (Å²) in [4.78, 5) is 16.8. The Kier molecular flexibility index (Phi) is 12.1. The molecule has 2 rings (SSSR count). The molecule has 0 bridgehead atoms. The largest absolute Gasteiger partial charge is 0.380 e. The maximum atomic E-state index is 12.4. The number of carbonyl (C=O) groups excluding carboxylic acids is 1. The molecule has 0 radical (unpaired) electrons. The maximum absolute atomic E-state index is 12.4. The number of halogens is 2. The van der Waals surface area contributed by atoms with E-state index in [9.17, 15) is 4.79 Å². The van der Waals surface area contributed by atoms with Crippen LogP contribution in [-0.4, -0.2) is 61.1 Å². The number of piperidine rings is 1. The van der Waals surface area contributed by atoms with Crippen molar-refractivity contribution >= 4 is 30.7 Å². The maximum Gasteiger partial charge on any atom is 0.225 e. The molecule has 1 amide bonds. The summed E-state index contributed by atoms with van der Waals surface area (Å²) < 4.78 is 5.23. The second kappa shape index (κ2) is 12.5. The molecule has 1 heterocycles. The first-order chi connectivity index (χ1) is 11.5. The van der Waals surface area contributed by atoms with Gasteiger partial charge in [0.25, 0.3) is 0 Å². The molecule has 0 spiro atoms. The Hall–Kier alpha value is -0.850. The molecule has 1 aliphatic rings. The number of amides is 1. The molecule has 0 saturated carbocycles. The van der Waals surface area contributed by atoms with Crippen LogP contribution in [0.1, 0.15) is 31.7 Å². The van der Waals surface area contributed by atoms with Crippen LogP contribution in [0.5, 0.6) is 0 Å². The van der Waals surface area contributed by atoms with E-state index in [1.54, 1.807) is 7.11 Å². The van der Waals surface area contributed by atoms with Gasteiger partial charge in [0.2, 0.25) is 5.91 Å². The van der Waals surface area contributed by atoms with Crippen molar-refractivity contribution < 1.29 is 9.53 Å². The van der Waals surface area contributed by atoms with E-state index < -0.39 is 0 Å². The van der Waals surface area contributed by atoms with Crippen LogP contribution in [0.4, 0.5) is 0 Å². The van der Waals surface area contributed by atoms with Gasteiger partial charge >= 0.3 is 0 Å². The van der Waals surface area contributed by atoms with Crippen LogP contribution in [0.25, 0.3) is 0 Å². The molecule has 1 saturated heterocycles. The average molecular weight is 406 g/mol. The van der Waals surface area contributed by atoms with E-state index in [1.165, 1.54) is 5.56 Å². The summed E-state index contributed by atoms with van der Waals surface area (Å²) in [6, 6.07) is 11.3. The molecule has 26 heavy (non-hydrogen) atoms. The molecule has 7 heteroatoms. The smallest absolute Gasteiger partial charge is 0.225 e. The molecule has 1 fully saturated rings. The zero-order chi connectivity index (χ0) is 17.5. The van der Waals surface area contributed by atoms with E-state index in [-0.39, 0.29) is 36.8 Å². The molecular formula is C19H33Cl2N3O2. The van der Waals surface area contributed by atoms with Gasteiger partial charge in [-0.25, -0.2) is 0 Å². The van der Waals surface area contributed by atoms with Gasteiger partial charge in [-0.3, -0.25) is 9.69 Å². The first kappa shape index (κ1) is 25.1. The lowest BCUT2D eigenvalue weighted by Gasteiger charge is -2.41. The molecule has 1 aromatic carbocycles. The molecule has 3 unspecified atom stereocenters. The Labute approximate surface area is 170 Å². The highest BCUT2D eigenvalue weighted by atomic mass is 35.5. The van der Waals surface area contributed by atoms with Crippen molar-refractivity contribution in [1.82, 2.24) is 9.80 Å². The first-order valence-corrected chi connectivity index (χ1v) is 8.81. The summed E-state index contributed by atoms with van der Waals surface area (Å²) in [5.74, 6) is 0.126. The monoisotopic (exact) mass is 405 g/mol. The van der Waals surface area contributed by atoms with Gasteiger partial charge in [0.1, 0.15) is 0 Å². The summed E-state index contributed by atoms with van der Waals surface area (Å²) in [5, 5.41) is 0. The molecule has 0 aromatic heterocycles. The molecular weight excluding hydrogens is 373 g/mol. The summed E-state index contributed by atoms with van der Waals surface area (Å²) in [6.45, 7) is 4.63. The summed E-state index contributed by atoms with van der Waals surface area (Å²) >= 11 is 0. The lowest BCUT2D eigenvalue weighted by molar-refractivity contribution is -0.135. The van der Waals surface area contributed by atoms with Gasteiger partial charge in [0, 0.05) is 45.9 Å². The summed E-state index contributed by atoms with van der Waals surface area (Å²) in [6.07, 6.45) is 2.20. The predicted octanol–water partition coefficient (Wildman–Crippen LogP) is 2.71. The normalized spacial score (nSPS) is 21.2. The van der Waals surface area contributed by atoms with Crippen LogP contribution in [0.2, 0.25) is 0 Å². The third-order valence-corrected chi connectivity index (χ3v) is 5.15. The van der Waals surface area contributed by atoms with E-state index in [1.807, 2.05) is 18.0 Å². The van der Waals surface area contributed by atoms with Crippen molar-refractivity contribution in [3.05, 3.63) is 35.9 Å². The Morgan fingerprint density at radius 2 is 2.00 bits per heavy atom. The number of rotatable bonds is 7. The van der Waals surface area contributed by atoms with Crippen molar-refractivity contribution in [2.24, 2.45) is 5.73 Å². The minimum atomic E-state index is -0.185. The first-order valence-electron chi connectivity index (χ1n) is 8.81. The number of likely N-dealkylation sites (tertiary alicyclic amines) is 1. The van der Waals surface area contributed by atoms with Gasteiger partial charge in [-0.15, -0.1) is 24.8 Å².